The van der Waals surface area contributed by atoms with Crippen LogP contribution < -0.4 is 0 Å². The molecule has 0 amide bonds. The van der Waals surface area contributed by atoms with Crippen LogP contribution >= 0.6 is 0 Å². The topological polar surface area (TPSA) is 66.8 Å². The van der Waals surface area contributed by atoms with Crippen LogP contribution in [-0.4, -0.2) is 36.5 Å². The third-order valence-corrected chi connectivity index (χ3v) is 0.295. The number of aliphatic carboxylic acids is 1. The Kier molecular flexibility index (Phi) is 32.4. The van der Waals surface area contributed by atoms with Crippen LogP contribution in [0.25, 0.3) is 0 Å². The molecule has 0 aromatic carbocycles. The van der Waals surface area contributed by atoms with E-state index < -0.39 is 5.97 Å². The number of carbonyl (C=O) groups is 1. The molecule has 0 aromatic rings. The van der Waals surface area contributed by atoms with Crippen LogP contribution in [0.5, 0.6) is 0 Å². The van der Waals surface area contributed by atoms with Gasteiger partial charge in [0.2, 0.25) is 0 Å². The molecule has 0 rings (SSSR count). The van der Waals surface area contributed by atoms with Gasteiger partial charge in [-0.05, 0) is 6.92 Å². The molecule has 74 valence electrons. The molecule has 0 aliphatic carbocycles. The summed E-state index contributed by atoms with van der Waals surface area (Å²) < 4.78 is 4.44. The molecule has 0 unspecified atom stereocenters. The van der Waals surface area contributed by atoms with E-state index in [4.69, 9.17) is 15.0 Å². The number of aliphatic hydroxyl groups excluding tert-OH is 1. The lowest BCUT2D eigenvalue weighted by Gasteiger charge is -1.84. The van der Waals surface area contributed by atoms with Gasteiger partial charge in [0.15, 0.2) is 0 Å². The first-order valence-electron chi connectivity index (χ1n) is 3.43. The average Bonchev–Trinajstić information content (AvgIpc) is 1.89. The summed E-state index contributed by atoms with van der Waals surface area (Å²) in [4.78, 5) is 9.00. The van der Waals surface area contributed by atoms with Gasteiger partial charge < -0.3 is 14.9 Å². The molecule has 4 heteroatoms. The summed E-state index contributed by atoms with van der Waals surface area (Å²) in [5.41, 5.74) is 0. The van der Waals surface area contributed by atoms with Crippen molar-refractivity contribution < 1.29 is 19.7 Å². The van der Waals surface area contributed by atoms with Gasteiger partial charge in [-0.2, -0.15) is 0 Å². The molecule has 0 bridgehead atoms. The largest absolute Gasteiger partial charge is 0.481 e. The van der Waals surface area contributed by atoms with Crippen LogP contribution in [0.4, 0.5) is 0 Å². The number of hydrogen-bond acceptors (Lipinski definition) is 3. The van der Waals surface area contributed by atoms with Gasteiger partial charge >= 0.3 is 0 Å². The molecular weight excluding hydrogens is 160 g/mol. The van der Waals surface area contributed by atoms with E-state index in [-0.39, 0.29) is 6.61 Å². The molecule has 0 spiro atoms. The lowest BCUT2D eigenvalue weighted by molar-refractivity contribution is -0.134. The first-order valence-corrected chi connectivity index (χ1v) is 3.43. The third kappa shape index (κ3) is 473. The van der Waals surface area contributed by atoms with Crippen molar-refractivity contribution in [3.05, 3.63) is 12.7 Å². The van der Waals surface area contributed by atoms with Gasteiger partial charge in [-0.25, -0.2) is 0 Å². The molecule has 0 saturated heterocycles. The summed E-state index contributed by atoms with van der Waals surface area (Å²) in [5.74, 6) is -0.833. The van der Waals surface area contributed by atoms with Gasteiger partial charge in [-0.15, -0.1) is 6.58 Å². The minimum atomic E-state index is -0.833. The Hall–Kier alpha value is -0.870. The van der Waals surface area contributed by atoms with Crippen LogP contribution in [0.1, 0.15) is 13.8 Å². The fraction of sp³-hybridized carbons (Fsp3) is 0.625. The first kappa shape index (κ1) is 17.3. The molecule has 12 heavy (non-hydrogen) atoms. The van der Waals surface area contributed by atoms with Crippen molar-refractivity contribution in [2.24, 2.45) is 0 Å². The lowest BCUT2D eigenvalue weighted by Crippen LogP contribution is -1.91. The Morgan fingerprint density at radius 3 is 1.92 bits per heavy atom. The van der Waals surface area contributed by atoms with Crippen molar-refractivity contribution in [3.8, 4) is 0 Å². The van der Waals surface area contributed by atoms with Crippen molar-refractivity contribution in [3.63, 3.8) is 0 Å². The highest BCUT2D eigenvalue weighted by Crippen LogP contribution is 1.56. The maximum absolute atomic E-state index is 9.00. The third-order valence-electron chi connectivity index (χ3n) is 0.295. The van der Waals surface area contributed by atoms with Crippen molar-refractivity contribution in [2.45, 2.75) is 13.8 Å². The maximum atomic E-state index is 9.00. The minimum absolute atomic E-state index is 0.122. The van der Waals surface area contributed by atoms with Crippen LogP contribution in [0, 0.1) is 0 Å². The van der Waals surface area contributed by atoms with Gasteiger partial charge in [0.1, 0.15) is 0 Å². The highest BCUT2D eigenvalue weighted by atomic mass is 16.5. The second-order valence-electron chi connectivity index (χ2n) is 1.64. The van der Waals surface area contributed by atoms with E-state index in [1.165, 1.54) is 0 Å². The zero-order valence-electron chi connectivity index (χ0n) is 7.91. The molecule has 0 heterocycles. The Morgan fingerprint density at radius 2 is 1.92 bits per heavy atom. The number of rotatable bonds is 2. The second kappa shape index (κ2) is 22.5. The highest BCUT2D eigenvalue weighted by molar-refractivity contribution is 5.62. The number of ether oxygens (including phenoxy) is 1. The summed E-state index contributed by atoms with van der Waals surface area (Å²) in [5, 5.41) is 15.4. The van der Waals surface area contributed by atoms with E-state index in [9.17, 15) is 0 Å². The van der Waals surface area contributed by atoms with E-state index in [0.29, 0.717) is 6.61 Å². The van der Waals surface area contributed by atoms with Gasteiger partial charge in [0, 0.05) is 14.0 Å². The van der Waals surface area contributed by atoms with Crippen molar-refractivity contribution in [1.82, 2.24) is 0 Å². The number of aliphatic hydroxyl groups is 1. The molecule has 0 aliphatic heterocycles. The zero-order chi connectivity index (χ0) is 10.4. The van der Waals surface area contributed by atoms with Crippen molar-refractivity contribution in [2.75, 3.05) is 20.3 Å². The number of allylic oxidation sites excluding steroid dienone is 1. The number of hydrogen-bond donors (Lipinski definition) is 2. The molecule has 0 atom stereocenters. The van der Waals surface area contributed by atoms with Gasteiger partial charge in [-0.3, -0.25) is 4.79 Å². The summed E-state index contributed by atoms with van der Waals surface area (Å²) in [7, 11) is 1.55. The van der Waals surface area contributed by atoms with Crippen molar-refractivity contribution in [1.29, 1.82) is 0 Å². The summed E-state index contributed by atoms with van der Waals surface area (Å²) in [6, 6.07) is 0. The normalized spacial score (nSPS) is 6.67. The van der Waals surface area contributed by atoms with Crippen LogP contribution in [0.15, 0.2) is 12.7 Å². The van der Waals surface area contributed by atoms with Gasteiger partial charge in [-0.1, -0.05) is 6.08 Å². The van der Waals surface area contributed by atoms with E-state index >= 15 is 0 Å². The Balaban J connectivity index is -0.000000105. The van der Waals surface area contributed by atoms with Gasteiger partial charge in [0.05, 0.1) is 13.2 Å². The Labute approximate surface area is 73.5 Å². The molecule has 0 aliphatic rings. The summed E-state index contributed by atoms with van der Waals surface area (Å²) >= 11 is 0. The summed E-state index contributed by atoms with van der Waals surface area (Å²) in [6.07, 6.45) is 1.75. The number of methoxy groups -OCH3 is 1. The quantitative estimate of drug-likeness (QED) is 0.617. The lowest BCUT2D eigenvalue weighted by atomic mass is 10.8. The zero-order valence-corrected chi connectivity index (χ0v) is 7.91. The first-order chi connectivity index (χ1) is 5.56. The Bertz CT molecular complexity index is 85.1. The molecular formula is C8H18O4. The van der Waals surface area contributed by atoms with E-state index in [1.54, 1.807) is 13.2 Å². The van der Waals surface area contributed by atoms with Crippen LogP contribution in [0.2, 0.25) is 0 Å². The van der Waals surface area contributed by atoms with Gasteiger partial charge in [0.25, 0.3) is 5.97 Å². The standard InChI is InChI=1S/C3H8O2.C3H6.C2H4O2/c1-5-3-2-4;1-3-2;1-2(3)4/h4H,2-3H2,1H3;3H,1H2,2H3;1H3,(H,3,4). The molecule has 4 nitrogen and oxygen atoms in total. The highest BCUT2D eigenvalue weighted by Gasteiger charge is 1.67. The minimum Gasteiger partial charge on any atom is -0.481 e. The average molecular weight is 178 g/mol. The van der Waals surface area contributed by atoms with Crippen LogP contribution in [-0.2, 0) is 9.53 Å². The Morgan fingerprint density at radius 1 is 1.67 bits per heavy atom. The fourth-order valence-corrected chi connectivity index (χ4v) is 0.0913. The van der Waals surface area contributed by atoms with Crippen molar-refractivity contribution >= 4 is 5.97 Å². The predicted molar refractivity (Wildman–Crippen MR) is 48.1 cm³/mol. The molecule has 2 N–H and O–H groups in total. The number of carboxylic acids is 1. The molecule has 0 aromatic heterocycles. The van der Waals surface area contributed by atoms with E-state index in [0.717, 1.165) is 6.92 Å². The SMILES string of the molecule is C=CC.CC(=O)O.COCCO. The molecule has 0 fully saturated rings. The molecule has 0 radical (unpaired) electrons. The van der Waals surface area contributed by atoms with E-state index in [1.807, 2.05) is 6.92 Å². The molecule has 0 saturated carbocycles. The predicted octanol–water partition coefficient (Wildman–Crippen LogP) is 0.908. The van der Waals surface area contributed by atoms with E-state index in [2.05, 4.69) is 11.3 Å². The monoisotopic (exact) mass is 178 g/mol. The number of carboxylic acid groups (broad SMARTS) is 1. The fourth-order valence-electron chi connectivity index (χ4n) is 0.0913. The van der Waals surface area contributed by atoms with Crippen LogP contribution in [0.3, 0.4) is 0 Å². The smallest absolute Gasteiger partial charge is 0.300 e. The maximum Gasteiger partial charge on any atom is 0.300 e. The second-order valence-corrected chi connectivity index (χ2v) is 1.64. The summed E-state index contributed by atoms with van der Waals surface area (Å²) in [6.45, 7) is 6.90.